The first-order chi connectivity index (χ1) is 20.2. The maximum Gasteiger partial charge on any atom is 0.328 e. The molecule has 0 fully saturated rings. The normalized spacial score (nSPS) is 14.9. The lowest BCUT2D eigenvalue weighted by Gasteiger charge is -2.19. The number of aliphatic imine (C=N–C) groups is 1. The van der Waals surface area contributed by atoms with E-state index >= 15 is 0 Å². The zero-order valence-electron chi connectivity index (χ0n) is 24.9. The summed E-state index contributed by atoms with van der Waals surface area (Å²) in [7, 11) is 0. The van der Waals surface area contributed by atoms with Crippen LogP contribution in [0.4, 0.5) is 0 Å². The summed E-state index contributed by atoms with van der Waals surface area (Å²) in [5.74, 6) is 0.602. The largest absolute Gasteiger partial charge is 0.464 e. The van der Waals surface area contributed by atoms with E-state index in [9.17, 15) is 9.59 Å². The molecule has 2 atom stereocenters. The van der Waals surface area contributed by atoms with Crippen molar-refractivity contribution in [2.75, 3.05) is 13.2 Å². The van der Waals surface area contributed by atoms with Gasteiger partial charge in [0.2, 0.25) is 5.91 Å². The zero-order valence-corrected chi connectivity index (χ0v) is 26.5. The Kier molecular flexibility index (Phi) is 11.3. The first-order valence-electron chi connectivity index (χ1n) is 14.8. The molecule has 0 bridgehead atoms. The Morgan fingerprint density at radius 2 is 1.86 bits per heavy atom. The average molecular weight is 613 g/mol. The Bertz CT molecular complexity index is 1410. The molecular formula is C31H41ClN6O3S. The van der Waals surface area contributed by atoms with Crippen LogP contribution in [0.25, 0.3) is 5.00 Å². The van der Waals surface area contributed by atoms with E-state index in [0.717, 1.165) is 65.3 Å². The van der Waals surface area contributed by atoms with Crippen molar-refractivity contribution in [2.45, 2.75) is 91.1 Å². The van der Waals surface area contributed by atoms with Crippen molar-refractivity contribution in [1.29, 1.82) is 0 Å². The van der Waals surface area contributed by atoms with Crippen LogP contribution in [-0.4, -0.2) is 51.5 Å². The van der Waals surface area contributed by atoms with Gasteiger partial charge in [0.05, 0.1) is 18.7 Å². The predicted octanol–water partition coefficient (Wildman–Crippen LogP) is 5.93. The van der Waals surface area contributed by atoms with Crippen molar-refractivity contribution < 1.29 is 14.3 Å². The van der Waals surface area contributed by atoms with E-state index < -0.39 is 18.1 Å². The molecule has 42 heavy (non-hydrogen) atoms. The Balaban J connectivity index is 1.62. The maximum atomic E-state index is 13.5. The number of hydrogen-bond acceptors (Lipinski definition) is 8. The highest BCUT2D eigenvalue weighted by atomic mass is 35.5. The molecule has 1 aliphatic heterocycles. The number of benzene rings is 1. The number of esters is 1. The third kappa shape index (κ3) is 7.46. The van der Waals surface area contributed by atoms with Gasteiger partial charge in [-0.1, -0.05) is 49.9 Å². The smallest absolute Gasteiger partial charge is 0.328 e. The molecule has 0 saturated heterocycles. The topological polar surface area (TPSA) is 124 Å². The number of nitrogens with two attached hydrogens (primary N) is 1. The van der Waals surface area contributed by atoms with Gasteiger partial charge in [0.15, 0.2) is 5.82 Å². The van der Waals surface area contributed by atoms with Crippen molar-refractivity contribution in [3.05, 3.63) is 62.5 Å². The highest BCUT2D eigenvalue weighted by Crippen LogP contribution is 2.39. The van der Waals surface area contributed by atoms with Crippen molar-refractivity contribution in [2.24, 2.45) is 10.7 Å². The highest BCUT2D eigenvalue weighted by molar-refractivity contribution is 7.15. The molecule has 1 aromatic carbocycles. The van der Waals surface area contributed by atoms with Crippen LogP contribution in [-0.2, 0) is 14.3 Å². The van der Waals surface area contributed by atoms with Crippen LogP contribution in [0.1, 0.15) is 97.5 Å². The second-order valence-electron chi connectivity index (χ2n) is 10.7. The van der Waals surface area contributed by atoms with Gasteiger partial charge in [-0.25, -0.2) is 4.79 Å². The fraction of sp³-hybridized carbons (Fsp3) is 0.516. The molecule has 1 amide bonds. The minimum Gasteiger partial charge on any atom is -0.464 e. The second-order valence-corrected chi connectivity index (χ2v) is 12.4. The number of halogens is 1. The molecule has 2 aromatic heterocycles. The van der Waals surface area contributed by atoms with Crippen LogP contribution >= 0.6 is 22.9 Å². The minimum atomic E-state index is -0.744. The molecule has 226 valence electrons. The fourth-order valence-corrected chi connectivity index (χ4v) is 6.45. The van der Waals surface area contributed by atoms with E-state index in [4.69, 9.17) is 27.1 Å². The first kappa shape index (κ1) is 31.8. The van der Waals surface area contributed by atoms with Crippen molar-refractivity contribution in [3.8, 4) is 5.00 Å². The third-order valence-electron chi connectivity index (χ3n) is 7.54. The van der Waals surface area contributed by atoms with E-state index in [1.54, 1.807) is 11.3 Å². The minimum absolute atomic E-state index is 0.000632. The lowest BCUT2D eigenvalue weighted by atomic mass is 9.99. The van der Waals surface area contributed by atoms with Crippen molar-refractivity contribution in [3.63, 3.8) is 0 Å². The SMILES string of the molecule is CCCCCCOC(=O)C(CCCCN)NC(=O)C[C@@H]1N=C(c2ccc(Cl)cc2)c2c(sc(C)c2C)-n2c(C)nnc21. The number of ether oxygens (including phenoxy) is 1. The summed E-state index contributed by atoms with van der Waals surface area (Å²) in [6.45, 7) is 9.09. The molecule has 0 spiro atoms. The number of hydrogen-bond donors (Lipinski definition) is 2. The van der Waals surface area contributed by atoms with E-state index in [1.165, 1.54) is 4.88 Å². The summed E-state index contributed by atoms with van der Waals surface area (Å²) < 4.78 is 7.55. The Morgan fingerprint density at radius 3 is 2.57 bits per heavy atom. The summed E-state index contributed by atoms with van der Waals surface area (Å²) in [4.78, 5) is 32.8. The zero-order chi connectivity index (χ0) is 30.2. The highest BCUT2D eigenvalue weighted by Gasteiger charge is 2.33. The van der Waals surface area contributed by atoms with Crippen LogP contribution in [0.3, 0.4) is 0 Å². The van der Waals surface area contributed by atoms with E-state index in [1.807, 2.05) is 35.8 Å². The number of rotatable bonds is 14. The summed E-state index contributed by atoms with van der Waals surface area (Å²) >= 11 is 7.86. The van der Waals surface area contributed by atoms with Crippen LogP contribution in [0.5, 0.6) is 0 Å². The molecule has 1 aliphatic rings. The molecule has 0 aliphatic carbocycles. The number of nitrogens with zero attached hydrogens (tertiary/aromatic N) is 4. The Labute approximate surface area is 256 Å². The molecule has 9 nitrogen and oxygen atoms in total. The number of carbonyl (C=O) groups is 2. The van der Waals surface area contributed by atoms with Gasteiger partial charge >= 0.3 is 5.97 Å². The second kappa shape index (κ2) is 14.9. The summed E-state index contributed by atoms with van der Waals surface area (Å²) in [5.41, 5.74) is 9.47. The summed E-state index contributed by atoms with van der Waals surface area (Å²) in [6, 6.07) is 6.20. The number of carbonyl (C=O) groups excluding carboxylic acids is 2. The number of aromatic nitrogens is 3. The molecular weight excluding hydrogens is 572 g/mol. The Hall–Kier alpha value is -3.08. The molecule has 4 rings (SSSR count). The number of unbranched alkanes of at least 4 members (excludes halogenated alkanes) is 4. The van der Waals surface area contributed by atoms with E-state index in [-0.39, 0.29) is 12.3 Å². The molecule has 11 heteroatoms. The summed E-state index contributed by atoms with van der Waals surface area (Å²) in [5, 5.41) is 13.4. The number of nitrogens with one attached hydrogen (secondary N) is 1. The van der Waals surface area contributed by atoms with Gasteiger partial charge in [-0.3, -0.25) is 14.4 Å². The standard InChI is InChI=1S/C31H41ClN6O3S/c1-5-6-7-10-17-41-31(40)24(11-8-9-16-33)34-26(39)18-25-29-37-36-21(4)38(29)30-27(19(2)20(3)42-30)28(35-25)22-12-14-23(32)15-13-22/h12-15,24-25H,5-11,16-18,33H2,1-4H3,(H,34,39)/t24?,25-/m0/s1. The predicted molar refractivity (Wildman–Crippen MR) is 168 cm³/mol. The van der Waals surface area contributed by atoms with E-state index in [2.05, 4.69) is 36.3 Å². The van der Waals surface area contributed by atoms with Crippen LogP contribution in [0.2, 0.25) is 5.02 Å². The maximum absolute atomic E-state index is 13.5. The van der Waals surface area contributed by atoms with E-state index in [0.29, 0.717) is 36.8 Å². The van der Waals surface area contributed by atoms with Crippen molar-refractivity contribution in [1.82, 2.24) is 20.1 Å². The quantitative estimate of drug-likeness (QED) is 0.172. The molecule has 0 saturated carbocycles. The van der Waals surface area contributed by atoms with Gasteiger partial charge in [0.1, 0.15) is 22.9 Å². The van der Waals surface area contributed by atoms with Crippen LogP contribution < -0.4 is 11.1 Å². The van der Waals surface area contributed by atoms with Crippen LogP contribution in [0, 0.1) is 20.8 Å². The number of amides is 1. The van der Waals surface area contributed by atoms with Gasteiger partial charge in [0, 0.05) is 21.0 Å². The van der Waals surface area contributed by atoms with Crippen LogP contribution in [0.15, 0.2) is 29.3 Å². The number of aryl methyl sites for hydroxylation is 2. The molecule has 3 heterocycles. The Morgan fingerprint density at radius 1 is 1.10 bits per heavy atom. The van der Waals surface area contributed by atoms with Gasteiger partial charge < -0.3 is 15.8 Å². The van der Waals surface area contributed by atoms with Gasteiger partial charge in [-0.2, -0.15) is 0 Å². The number of fused-ring (bicyclic) bond motifs is 3. The number of thiophene rings is 1. The lowest BCUT2D eigenvalue weighted by Crippen LogP contribution is -2.42. The molecule has 1 unspecified atom stereocenters. The van der Waals surface area contributed by atoms with Gasteiger partial charge in [0.25, 0.3) is 0 Å². The molecule has 3 aromatic rings. The van der Waals surface area contributed by atoms with Gasteiger partial charge in [-0.15, -0.1) is 21.5 Å². The molecule has 3 N–H and O–H groups in total. The van der Waals surface area contributed by atoms with Gasteiger partial charge in [-0.05, 0) is 70.7 Å². The lowest BCUT2D eigenvalue weighted by molar-refractivity contribution is -0.148. The van der Waals surface area contributed by atoms with Crippen molar-refractivity contribution >= 4 is 40.5 Å². The average Bonchev–Trinajstić information content (AvgIpc) is 3.44. The monoisotopic (exact) mass is 612 g/mol. The first-order valence-corrected chi connectivity index (χ1v) is 16.0. The fourth-order valence-electron chi connectivity index (χ4n) is 5.11. The third-order valence-corrected chi connectivity index (χ3v) is 8.99. The molecule has 0 radical (unpaired) electrons. The summed E-state index contributed by atoms with van der Waals surface area (Å²) in [6.07, 6.45) is 5.96.